The van der Waals surface area contributed by atoms with E-state index in [1.165, 1.54) is 51.8 Å². The van der Waals surface area contributed by atoms with Crippen LogP contribution in [0.5, 0.6) is 0 Å². The Labute approximate surface area is 154 Å². The fourth-order valence-electron chi connectivity index (χ4n) is 3.73. The molecule has 0 atom stereocenters. The molecule has 0 unspecified atom stereocenters. The van der Waals surface area contributed by atoms with Gasteiger partial charge in [-0.2, -0.15) is 0 Å². The normalized spacial score (nSPS) is 11.7. The zero-order valence-electron chi connectivity index (χ0n) is 16.5. The third-order valence-corrected chi connectivity index (χ3v) is 21.0. The van der Waals surface area contributed by atoms with Crippen molar-refractivity contribution >= 4 is 27.7 Å². The number of unbranched alkanes of at least 4 members (excludes halogenated alkanes) is 3. The molecule has 0 N–H and O–H groups in total. The van der Waals surface area contributed by atoms with E-state index in [1.54, 1.807) is 3.58 Å². The van der Waals surface area contributed by atoms with Crippen molar-refractivity contribution in [3.8, 4) is 0 Å². The number of carbonyl (C=O) groups excluding carboxylic acids is 1. The van der Waals surface area contributed by atoms with E-state index in [9.17, 15) is 4.79 Å². The second-order valence-electron chi connectivity index (χ2n) is 7.34. The van der Waals surface area contributed by atoms with E-state index in [2.05, 4.69) is 52.0 Å². The average Bonchev–Trinajstić information content (AvgIpc) is 2.62. The summed E-state index contributed by atoms with van der Waals surface area (Å²) in [6.07, 6.45) is 9.71. The molecule has 0 aliphatic rings. The summed E-state index contributed by atoms with van der Waals surface area (Å²) in [6.45, 7) is 9.04. The zero-order chi connectivity index (χ0) is 17.8. The Bertz CT molecular complexity index is 442. The van der Waals surface area contributed by atoms with Gasteiger partial charge in [0.05, 0.1) is 0 Å². The van der Waals surface area contributed by atoms with Crippen LogP contribution in [-0.4, -0.2) is 24.2 Å². The minimum absolute atomic E-state index is 0.306. The fourth-order valence-corrected chi connectivity index (χ4v) is 19.7. The molecule has 0 bridgehead atoms. The SMILES string of the molecule is CCC[CH2][Sn]([CH2]CCC)([CH2]CCC)[c]1ccc(C(=O)CCC)cc1. The third kappa shape index (κ3) is 6.54. The topological polar surface area (TPSA) is 17.1 Å². The van der Waals surface area contributed by atoms with Gasteiger partial charge in [0.1, 0.15) is 0 Å². The molecule has 0 amide bonds. The summed E-state index contributed by atoms with van der Waals surface area (Å²) in [5.41, 5.74) is 0.919. The Morgan fingerprint density at radius 1 is 0.750 bits per heavy atom. The zero-order valence-corrected chi connectivity index (χ0v) is 19.3. The number of hydrogen-bond donors (Lipinski definition) is 0. The molecule has 136 valence electrons. The van der Waals surface area contributed by atoms with E-state index in [4.69, 9.17) is 0 Å². The van der Waals surface area contributed by atoms with Crippen molar-refractivity contribution in [2.24, 2.45) is 0 Å². The van der Waals surface area contributed by atoms with Crippen LogP contribution in [0.4, 0.5) is 0 Å². The van der Waals surface area contributed by atoms with Gasteiger partial charge in [0, 0.05) is 0 Å². The van der Waals surface area contributed by atoms with Gasteiger partial charge in [-0.1, -0.05) is 0 Å². The number of rotatable bonds is 13. The standard InChI is InChI=1S/C10H11O.3C4H9.Sn/c1-2-6-10(11)9-7-4-3-5-8-9;3*1-3-4-2;/h4-5,7-8H,2,6H2,1H3;3*1,3-4H2,2H3;. The van der Waals surface area contributed by atoms with Gasteiger partial charge in [0.2, 0.25) is 0 Å². The van der Waals surface area contributed by atoms with E-state index in [0.29, 0.717) is 12.2 Å². The molecule has 1 rings (SSSR count). The molecule has 0 heterocycles. The summed E-state index contributed by atoms with van der Waals surface area (Å²) in [5, 5.41) is 0. The van der Waals surface area contributed by atoms with Crippen LogP contribution in [0.3, 0.4) is 0 Å². The summed E-state index contributed by atoms with van der Waals surface area (Å²) >= 11 is -2.31. The van der Waals surface area contributed by atoms with E-state index in [-0.39, 0.29) is 0 Å². The molecule has 0 aliphatic carbocycles. The first-order chi connectivity index (χ1) is 11.6. The van der Waals surface area contributed by atoms with Crippen molar-refractivity contribution in [2.75, 3.05) is 0 Å². The number of Topliss-reactive ketones (excluding diaryl/α,β-unsaturated/α-hetero) is 1. The van der Waals surface area contributed by atoms with Crippen molar-refractivity contribution in [1.82, 2.24) is 0 Å². The maximum absolute atomic E-state index is 12.1. The molecule has 0 fully saturated rings. The molecule has 0 saturated carbocycles. The predicted molar refractivity (Wildman–Crippen MR) is 110 cm³/mol. The molecule has 24 heavy (non-hydrogen) atoms. The average molecular weight is 437 g/mol. The van der Waals surface area contributed by atoms with E-state index >= 15 is 0 Å². The molecule has 1 nitrogen and oxygen atoms in total. The molecule has 2 heteroatoms. The molecular formula is C22H38OSn. The van der Waals surface area contributed by atoms with Crippen LogP contribution in [0.1, 0.15) is 89.4 Å². The predicted octanol–water partition coefficient (Wildman–Crippen LogP) is 6.73. The first kappa shape index (κ1) is 21.7. The Kier molecular flexibility index (Phi) is 11.0. The van der Waals surface area contributed by atoms with E-state index in [0.717, 1.165) is 12.0 Å². The van der Waals surface area contributed by atoms with Crippen LogP contribution >= 0.6 is 0 Å². The van der Waals surface area contributed by atoms with Gasteiger partial charge in [0.15, 0.2) is 0 Å². The van der Waals surface area contributed by atoms with Crippen LogP contribution in [0.25, 0.3) is 0 Å². The first-order valence-electron chi connectivity index (χ1n) is 10.3. The van der Waals surface area contributed by atoms with Crippen LogP contribution in [0.2, 0.25) is 13.3 Å². The van der Waals surface area contributed by atoms with E-state index in [1.807, 2.05) is 0 Å². The van der Waals surface area contributed by atoms with Gasteiger partial charge >= 0.3 is 155 Å². The molecule has 0 radical (unpaired) electrons. The van der Waals surface area contributed by atoms with Crippen molar-refractivity contribution < 1.29 is 4.79 Å². The quantitative estimate of drug-likeness (QED) is 0.247. The molecular weight excluding hydrogens is 399 g/mol. The Morgan fingerprint density at radius 2 is 1.21 bits per heavy atom. The van der Waals surface area contributed by atoms with Gasteiger partial charge in [-0.25, -0.2) is 0 Å². The Hall–Kier alpha value is -0.311. The molecule has 0 saturated heterocycles. The Balaban J connectivity index is 3.07. The molecule has 0 aromatic heterocycles. The summed E-state index contributed by atoms with van der Waals surface area (Å²) in [5.74, 6) is 0.306. The van der Waals surface area contributed by atoms with Gasteiger partial charge in [-0.15, -0.1) is 0 Å². The van der Waals surface area contributed by atoms with Crippen molar-refractivity contribution in [1.29, 1.82) is 0 Å². The fraction of sp³-hybridized carbons (Fsp3) is 0.682. The molecule has 0 spiro atoms. The Morgan fingerprint density at radius 3 is 1.58 bits per heavy atom. The number of carbonyl (C=O) groups is 1. The number of ketones is 1. The molecule has 0 aliphatic heterocycles. The van der Waals surface area contributed by atoms with Crippen molar-refractivity contribution in [2.45, 2.75) is 92.4 Å². The van der Waals surface area contributed by atoms with Crippen LogP contribution in [-0.2, 0) is 0 Å². The summed E-state index contributed by atoms with van der Waals surface area (Å²) in [4.78, 5) is 12.1. The number of hydrogen-bond acceptors (Lipinski definition) is 1. The van der Waals surface area contributed by atoms with E-state index < -0.39 is 18.4 Å². The first-order valence-corrected chi connectivity index (χ1v) is 17.7. The molecule has 1 aromatic carbocycles. The monoisotopic (exact) mass is 438 g/mol. The van der Waals surface area contributed by atoms with Crippen molar-refractivity contribution in [3.05, 3.63) is 29.8 Å². The second-order valence-corrected chi connectivity index (χ2v) is 20.6. The van der Waals surface area contributed by atoms with Crippen LogP contribution in [0, 0.1) is 0 Å². The van der Waals surface area contributed by atoms with Gasteiger partial charge in [-0.05, 0) is 0 Å². The minimum atomic E-state index is -2.31. The van der Waals surface area contributed by atoms with Crippen molar-refractivity contribution in [3.63, 3.8) is 0 Å². The van der Waals surface area contributed by atoms with Gasteiger partial charge in [0.25, 0.3) is 0 Å². The van der Waals surface area contributed by atoms with Crippen LogP contribution < -0.4 is 3.58 Å². The second kappa shape index (κ2) is 12.1. The summed E-state index contributed by atoms with van der Waals surface area (Å²) < 4.78 is 6.15. The number of benzene rings is 1. The maximum atomic E-state index is 12.1. The summed E-state index contributed by atoms with van der Waals surface area (Å²) in [6, 6.07) is 8.95. The summed E-state index contributed by atoms with van der Waals surface area (Å²) in [7, 11) is 0. The van der Waals surface area contributed by atoms with Gasteiger partial charge < -0.3 is 0 Å². The van der Waals surface area contributed by atoms with Gasteiger partial charge in [-0.3, -0.25) is 0 Å². The molecule has 1 aromatic rings. The third-order valence-electron chi connectivity index (χ3n) is 5.32. The van der Waals surface area contributed by atoms with Crippen LogP contribution in [0.15, 0.2) is 24.3 Å².